The van der Waals surface area contributed by atoms with Gasteiger partial charge in [-0.25, -0.2) is 0 Å². The van der Waals surface area contributed by atoms with E-state index in [0.29, 0.717) is 19.2 Å². The third kappa shape index (κ3) is 4.47. The zero-order valence-corrected chi connectivity index (χ0v) is 10.5. The molecule has 0 bridgehead atoms. The molecule has 0 aliphatic carbocycles. The van der Waals surface area contributed by atoms with Crippen molar-refractivity contribution in [3.05, 3.63) is 35.9 Å². The summed E-state index contributed by atoms with van der Waals surface area (Å²) in [4.78, 5) is 11.5. The minimum Gasteiger partial charge on any atom is -0.370 e. The number of carbonyl (C=O) groups is 1. The smallest absolute Gasteiger partial charge is 0.246 e. The summed E-state index contributed by atoms with van der Waals surface area (Å²) in [6.45, 7) is 2.39. The predicted octanol–water partition coefficient (Wildman–Crippen LogP) is 1.07. The Balaban J connectivity index is 1.57. The average Bonchev–Trinajstić information content (AvgIpc) is 2.91. The molecule has 1 aliphatic rings. The minimum absolute atomic E-state index is 0.0585. The first-order chi connectivity index (χ1) is 8.84. The van der Waals surface area contributed by atoms with E-state index in [1.807, 2.05) is 30.3 Å². The Kier molecular flexibility index (Phi) is 5.17. The average molecular weight is 248 g/mol. The highest BCUT2D eigenvalue weighted by Crippen LogP contribution is 2.04. The van der Waals surface area contributed by atoms with E-state index in [1.54, 1.807) is 0 Å². The second kappa shape index (κ2) is 7.13. The highest BCUT2D eigenvalue weighted by molar-refractivity contribution is 5.77. The van der Waals surface area contributed by atoms with Crippen LogP contribution in [0.4, 0.5) is 0 Å². The van der Waals surface area contributed by atoms with Crippen LogP contribution in [0.3, 0.4) is 0 Å². The molecular weight excluding hydrogens is 228 g/mol. The van der Waals surface area contributed by atoms with Crippen molar-refractivity contribution in [3.63, 3.8) is 0 Å². The van der Waals surface area contributed by atoms with Gasteiger partial charge in [-0.05, 0) is 24.9 Å². The normalized spacial score (nSPS) is 18.8. The minimum atomic E-state index is -0.0585. The zero-order valence-electron chi connectivity index (χ0n) is 10.5. The lowest BCUT2D eigenvalue weighted by Gasteiger charge is -2.10. The molecule has 1 heterocycles. The van der Waals surface area contributed by atoms with E-state index < -0.39 is 0 Å². The first-order valence-corrected chi connectivity index (χ1v) is 6.46. The molecule has 0 spiro atoms. The standard InChI is InChI=1S/C14H20N2O2/c17-14(11-18-10-13-7-4-8-15-13)16-9-12-5-2-1-3-6-12/h1-3,5-6,13,15H,4,7-11H2,(H,16,17). The molecule has 0 radical (unpaired) electrons. The summed E-state index contributed by atoms with van der Waals surface area (Å²) in [5.74, 6) is -0.0585. The van der Waals surface area contributed by atoms with Crippen LogP contribution in [0.15, 0.2) is 30.3 Å². The van der Waals surface area contributed by atoms with Gasteiger partial charge in [0, 0.05) is 12.6 Å². The fraction of sp³-hybridized carbons (Fsp3) is 0.500. The first-order valence-electron chi connectivity index (χ1n) is 6.46. The number of hydrogen-bond acceptors (Lipinski definition) is 3. The number of benzene rings is 1. The molecule has 1 fully saturated rings. The summed E-state index contributed by atoms with van der Waals surface area (Å²) in [5.41, 5.74) is 1.10. The molecule has 1 aromatic rings. The number of nitrogens with one attached hydrogen (secondary N) is 2. The Morgan fingerprint density at radius 3 is 2.94 bits per heavy atom. The topological polar surface area (TPSA) is 50.4 Å². The van der Waals surface area contributed by atoms with Crippen molar-refractivity contribution in [1.29, 1.82) is 0 Å². The van der Waals surface area contributed by atoms with Gasteiger partial charge in [0.05, 0.1) is 6.61 Å². The van der Waals surface area contributed by atoms with Crippen LogP contribution >= 0.6 is 0 Å². The molecule has 1 atom stereocenters. The Bertz CT molecular complexity index is 361. The highest BCUT2D eigenvalue weighted by atomic mass is 16.5. The molecule has 0 saturated carbocycles. The summed E-state index contributed by atoms with van der Waals surface area (Å²) in [5, 5.41) is 6.17. The molecular formula is C14H20N2O2. The van der Waals surface area contributed by atoms with Gasteiger partial charge in [0.25, 0.3) is 0 Å². The second-order valence-electron chi connectivity index (χ2n) is 4.57. The summed E-state index contributed by atoms with van der Waals surface area (Å²) in [7, 11) is 0. The summed E-state index contributed by atoms with van der Waals surface area (Å²) >= 11 is 0. The third-order valence-corrected chi connectivity index (χ3v) is 3.05. The monoisotopic (exact) mass is 248 g/mol. The van der Waals surface area contributed by atoms with E-state index in [4.69, 9.17) is 4.74 Å². The van der Waals surface area contributed by atoms with Crippen LogP contribution in [-0.2, 0) is 16.1 Å². The van der Waals surface area contributed by atoms with Crippen LogP contribution in [-0.4, -0.2) is 31.7 Å². The van der Waals surface area contributed by atoms with Gasteiger partial charge in [-0.1, -0.05) is 30.3 Å². The number of carbonyl (C=O) groups excluding carboxylic acids is 1. The van der Waals surface area contributed by atoms with Crippen molar-refractivity contribution in [1.82, 2.24) is 10.6 Å². The van der Waals surface area contributed by atoms with Crippen LogP contribution in [0.25, 0.3) is 0 Å². The number of ether oxygens (including phenoxy) is 1. The van der Waals surface area contributed by atoms with E-state index in [2.05, 4.69) is 10.6 Å². The maximum atomic E-state index is 11.5. The van der Waals surface area contributed by atoms with Gasteiger partial charge in [-0.2, -0.15) is 0 Å². The fourth-order valence-electron chi connectivity index (χ4n) is 2.04. The van der Waals surface area contributed by atoms with E-state index in [9.17, 15) is 4.79 Å². The van der Waals surface area contributed by atoms with E-state index in [-0.39, 0.29) is 12.5 Å². The number of rotatable bonds is 6. The van der Waals surface area contributed by atoms with Crippen molar-refractivity contribution in [2.45, 2.75) is 25.4 Å². The molecule has 1 aromatic carbocycles. The first kappa shape index (κ1) is 13.1. The molecule has 98 valence electrons. The van der Waals surface area contributed by atoms with Gasteiger partial charge in [0.15, 0.2) is 0 Å². The van der Waals surface area contributed by atoms with Crippen molar-refractivity contribution < 1.29 is 9.53 Å². The van der Waals surface area contributed by atoms with Crippen LogP contribution < -0.4 is 10.6 Å². The predicted molar refractivity (Wildman–Crippen MR) is 70.1 cm³/mol. The SMILES string of the molecule is O=C(COCC1CCCN1)NCc1ccccc1. The van der Waals surface area contributed by atoms with Gasteiger partial charge in [-0.15, -0.1) is 0 Å². The molecule has 4 nitrogen and oxygen atoms in total. The molecule has 1 saturated heterocycles. The van der Waals surface area contributed by atoms with E-state index >= 15 is 0 Å². The van der Waals surface area contributed by atoms with Crippen molar-refractivity contribution >= 4 is 5.91 Å². The van der Waals surface area contributed by atoms with Crippen molar-refractivity contribution in [3.8, 4) is 0 Å². The molecule has 18 heavy (non-hydrogen) atoms. The maximum absolute atomic E-state index is 11.5. The Morgan fingerprint density at radius 1 is 1.39 bits per heavy atom. The number of hydrogen-bond donors (Lipinski definition) is 2. The van der Waals surface area contributed by atoms with Crippen LogP contribution in [0, 0.1) is 0 Å². The van der Waals surface area contributed by atoms with E-state index in [0.717, 1.165) is 18.5 Å². The lowest BCUT2D eigenvalue weighted by atomic mass is 10.2. The van der Waals surface area contributed by atoms with Crippen LogP contribution in [0.1, 0.15) is 18.4 Å². The lowest BCUT2D eigenvalue weighted by Crippen LogP contribution is -2.31. The Morgan fingerprint density at radius 2 is 2.22 bits per heavy atom. The molecule has 2 N–H and O–H groups in total. The van der Waals surface area contributed by atoms with E-state index in [1.165, 1.54) is 6.42 Å². The van der Waals surface area contributed by atoms with Crippen LogP contribution in [0.2, 0.25) is 0 Å². The lowest BCUT2D eigenvalue weighted by molar-refractivity contribution is -0.126. The van der Waals surface area contributed by atoms with Gasteiger partial charge < -0.3 is 15.4 Å². The maximum Gasteiger partial charge on any atom is 0.246 e. The zero-order chi connectivity index (χ0) is 12.6. The quantitative estimate of drug-likeness (QED) is 0.792. The fourth-order valence-corrected chi connectivity index (χ4v) is 2.04. The molecule has 4 heteroatoms. The van der Waals surface area contributed by atoms with Gasteiger partial charge in [0.2, 0.25) is 5.91 Å². The summed E-state index contributed by atoms with van der Waals surface area (Å²) in [6.07, 6.45) is 2.35. The van der Waals surface area contributed by atoms with Gasteiger partial charge in [0.1, 0.15) is 6.61 Å². The largest absolute Gasteiger partial charge is 0.370 e. The summed E-state index contributed by atoms with van der Waals surface area (Å²) < 4.78 is 5.39. The molecule has 1 aliphatic heterocycles. The third-order valence-electron chi connectivity index (χ3n) is 3.05. The Labute approximate surface area is 108 Å². The molecule has 1 amide bonds. The molecule has 0 aromatic heterocycles. The number of amides is 1. The summed E-state index contributed by atoms with van der Waals surface area (Å²) in [6, 6.07) is 10.3. The Hall–Kier alpha value is -1.39. The van der Waals surface area contributed by atoms with Gasteiger partial charge >= 0.3 is 0 Å². The van der Waals surface area contributed by atoms with Crippen molar-refractivity contribution in [2.75, 3.05) is 19.8 Å². The van der Waals surface area contributed by atoms with Gasteiger partial charge in [-0.3, -0.25) is 4.79 Å². The second-order valence-corrected chi connectivity index (χ2v) is 4.57. The van der Waals surface area contributed by atoms with Crippen molar-refractivity contribution in [2.24, 2.45) is 0 Å². The molecule has 1 unspecified atom stereocenters. The van der Waals surface area contributed by atoms with Crippen LogP contribution in [0.5, 0.6) is 0 Å². The highest BCUT2D eigenvalue weighted by Gasteiger charge is 2.14. The molecule has 2 rings (SSSR count).